The highest BCUT2D eigenvalue weighted by molar-refractivity contribution is 5.90. The van der Waals surface area contributed by atoms with E-state index in [1.165, 1.54) is 0 Å². The molecule has 2 aromatic carbocycles. The highest BCUT2D eigenvalue weighted by Gasteiger charge is 2.05. The van der Waals surface area contributed by atoms with Crippen LogP contribution in [-0.2, 0) is 6.54 Å². The fourth-order valence-corrected chi connectivity index (χ4v) is 2.00. The van der Waals surface area contributed by atoms with Crippen molar-refractivity contribution in [1.29, 1.82) is 0 Å². The van der Waals surface area contributed by atoms with Gasteiger partial charge in [0.1, 0.15) is 5.75 Å². The molecule has 0 saturated heterocycles. The van der Waals surface area contributed by atoms with Crippen LogP contribution < -0.4 is 15.4 Å². The number of methoxy groups -OCH3 is 1. The largest absolute Gasteiger partial charge is 0.497 e. The summed E-state index contributed by atoms with van der Waals surface area (Å²) in [5, 5.41) is 5.71. The number of urea groups is 1. The summed E-state index contributed by atoms with van der Waals surface area (Å²) in [7, 11) is 1.62. The topological polar surface area (TPSA) is 50.4 Å². The molecule has 110 valence electrons. The second-order valence-corrected chi connectivity index (χ2v) is 4.98. The maximum atomic E-state index is 12.0. The molecule has 0 fully saturated rings. The number of hydrogen-bond acceptors (Lipinski definition) is 2. The molecule has 4 nitrogen and oxygen atoms in total. The molecule has 21 heavy (non-hydrogen) atoms. The predicted octanol–water partition coefficient (Wildman–Crippen LogP) is 3.63. The van der Waals surface area contributed by atoms with Crippen LogP contribution in [0.2, 0.25) is 0 Å². The van der Waals surface area contributed by atoms with Gasteiger partial charge in [-0.05, 0) is 48.7 Å². The van der Waals surface area contributed by atoms with Crippen molar-refractivity contribution in [2.75, 3.05) is 12.4 Å². The summed E-state index contributed by atoms with van der Waals surface area (Å²) in [6, 6.07) is 13.4. The first-order valence-corrected chi connectivity index (χ1v) is 6.83. The van der Waals surface area contributed by atoms with E-state index in [1.54, 1.807) is 7.11 Å². The Kier molecular flexibility index (Phi) is 4.82. The number of carbonyl (C=O) groups excluding carboxylic acids is 1. The first-order chi connectivity index (χ1) is 10.1. The van der Waals surface area contributed by atoms with Gasteiger partial charge in [-0.25, -0.2) is 4.79 Å². The molecule has 2 N–H and O–H groups in total. The molecule has 2 aromatic rings. The molecule has 0 radical (unpaired) electrons. The summed E-state index contributed by atoms with van der Waals surface area (Å²) in [6.07, 6.45) is 0. The Labute approximate surface area is 125 Å². The molecule has 4 heteroatoms. The molecule has 0 atom stereocenters. The summed E-state index contributed by atoms with van der Waals surface area (Å²) in [5.41, 5.74) is 3.98. The molecule has 0 saturated carbocycles. The van der Waals surface area contributed by atoms with Crippen LogP contribution >= 0.6 is 0 Å². The minimum Gasteiger partial charge on any atom is -0.497 e. The van der Waals surface area contributed by atoms with Gasteiger partial charge >= 0.3 is 6.03 Å². The van der Waals surface area contributed by atoms with Crippen LogP contribution in [0, 0.1) is 13.8 Å². The maximum Gasteiger partial charge on any atom is 0.319 e. The standard InChI is InChI=1S/C17H20N2O2/c1-12-7-8-13(2)16(9-12)19-17(20)18-11-14-5-4-6-15(10-14)21-3/h4-10H,11H2,1-3H3,(H2,18,19,20). The van der Waals surface area contributed by atoms with Gasteiger partial charge in [0.2, 0.25) is 0 Å². The summed E-state index contributed by atoms with van der Waals surface area (Å²) in [4.78, 5) is 12.0. The molecular formula is C17H20N2O2. The third-order valence-corrected chi connectivity index (χ3v) is 3.23. The zero-order valence-corrected chi connectivity index (χ0v) is 12.6. The third kappa shape index (κ3) is 4.24. The highest BCUT2D eigenvalue weighted by atomic mass is 16.5. The number of amides is 2. The fraction of sp³-hybridized carbons (Fsp3) is 0.235. The summed E-state index contributed by atoms with van der Waals surface area (Å²) in [6.45, 7) is 4.42. The van der Waals surface area contributed by atoms with E-state index in [0.29, 0.717) is 6.54 Å². The third-order valence-electron chi connectivity index (χ3n) is 3.23. The van der Waals surface area contributed by atoms with E-state index in [4.69, 9.17) is 4.74 Å². The molecule has 2 amide bonds. The van der Waals surface area contributed by atoms with E-state index >= 15 is 0 Å². The lowest BCUT2D eigenvalue weighted by atomic mass is 10.1. The smallest absolute Gasteiger partial charge is 0.319 e. The maximum absolute atomic E-state index is 12.0. The lowest BCUT2D eigenvalue weighted by molar-refractivity contribution is 0.251. The number of anilines is 1. The average Bonchev–Trinajstić information content (AvgIpc) is 2.49. The Morgan fingerprint density at radius 1 is 1.14 bits per heavy atom. The van der Waals surface area contributed by atoms with Gasteiger partial charge in [0.05, 0.1) is 7.11 Å². The van der Waals surface area contributed by atoms with Crippen LogP contribution in [0.3, 0.4) is 0 Å². The van der Waals surface area contributed by atoms with E-state index in [1.807, 2.05) is 56.3 Å². The first-order valence-electron chi connectivity index (χ1n) is 6.83. The molecule has 0 bridgehead atoms. The summed E-state index contributed by atoms with van der Waals surface area (Å²) >= 11 is 0. The molecule has 0 spiro atoms. The van der Waals surface area contributed by atoms with Gasteiger partial charge < -0.3 is 15.4 Å². The van der Waals surface area contributed by atoms with Gasteiger partial charge in [-0.2, -0.15) is 0 Å². The Morgan fingerprint density at radius 3 is 2.71 bits per heavy atom. The number of carbonyl (C=O) groups is 1. The van der Waals surface area contributed by atoms with Crippen molar-refractivity contribution in [3.63, 3.8) is 0 Å². The van der Waals surface area contributed by atoms with Crippen molar-refractivity contribution >= 4 is 11.7 Å². The lowest BCUT2D eigenvalue weighted by Gasteiger charge is -2.11. The molecule has 0 aromatic heterocycles. The van der Waals surface area contributed by atoms with E-state index in [9.17, 15) is 4.79 Å². The summed E-state index contributed by atoms with van der Waals surface area (Å²) < 4.78 is 5.16. The van der Waals surface area contributed by atoms with Crippen LogP contribution in [-0.4, -0.2) is 13.1 Å². The van der Waals surface area contributed by atoms with Crippen LogP contribution in [0.1, 0.15) is 16.7 Å². The van der Waals surface area contributed by atoms with Gasteiger partial charge in [-0.3, -0.25) is 0 Å². The zero-order valence-electron chi connectivity index (χ0n) is 12.6. The minimum absolute atomic E-state index is 0.216. The Morgan fingerprint density at radius 2 is 1.95 bits per heavy atom. The van der Waals surface area contributed by atoms with Crippen LogP contribution in [0.15, 0.2) is 42.5 Å². The fourth-order valence-electron chi connectivity index (χ4n) is 2.00. The number of aryl methyl sites for hydroxylation is 2. The van der Waals surface area contributed by atoms with Crippen molar-refractivity contribution in [2.45, 2.75) is 20.4 Å². The number of rotatable bonds is 4. The Bertz CT molecular complexity index is 638. The van der Waals surface area contributed by atoms with Crippen molar-refractivity contribution in [2.24, 2.45) is 0 Å². The summed E-state index contributed by atoms with van der Waals surface area (Å²) in [5.74, 6) is 0.782. The number of hydrogen-bond donors (Lipinski definition) is 2. The van der Waals surface area contributed by atoms with Gasteiger partial charge in [-0.15, -0.1) is 0 Å². The van der Waals surface area contributed by atoms with Crippen LogP contribution in [0.5, 0.6) is 5.75 Å². The van der Waals surface area contributed by atoms with Gasteiger partial charge in [0.25, 0.3) is 0 Å². The Balaban J connectivity index is 1.94. The first kappa shape index (κ1) is 14.9. The van der Waals surface area contributed by atoms with Crippen molar-refractivity contribution in [1.82, 2.24) is 5.32 Å². The zero-order chi connectivity index (χ0) is 15.2. The van der Waals surface area contributed by atoms with Crippen LogP contribution in [0.25, 0.3) is 0 Å². The molecule has 0 aliphatic rings. The number of nitrogens with one attached hydrogen (secondary N) is 2. The lowest BCUT2D eigenvalue weighted by Crippen LogP contribution is -2.28. The normalized spacial score (nSPS) is 10.0. The van der Waals surface area contributed by atoms with Crippen LogP contribution in [0.4, 0.5) is 10.5 Å². The van der Waals surface area contributed by atoms with E-state index < -0.39 is 0 Å². The minimum atomic E-state index is -0.216. The van der Waals surface area contributed by atoms with Gasteiger partial charge in [0.15, 0.2) is 0 Å². The predicted molar refractivity (Wildman–Crippen MR) is 84.8 cm³/mol. The van der Waals surface area contributed by atoms with Crippen molar-refractivity contribution in [3.8, 4) is 5.75 Å². The molecule has 0 aliphatic carbocycles. The molecule has 0 unspecified atom stereocenters. The van der Waals surface area contributed by atoms with E-state index in [2.05, 4.69) is 10.6 Å². The number of benzene rings is 2. The molecule has 2 rings (SSSR count). The van der Waals surface area contributed by atoms with Crippen molar-refractivity contribution in [3.05, 3.63) is 59.2 Å². The van der Waals surface area contributed by atoms with E-state index in [-0.39, 0.29) is 6.03 Å². The second-order valence-electron chi connectivity index (χ2n) is 4.98. The monoisotopic (exact) mass is 284 g/mol. The molecular weight excluding hydrogens is 264 g/mol. The average molecular weight is 284 g/mol. The van der Waals surface area contributed by atoms with Gasteiger partial charge in [0, 0.05) is 12.2 Å². The Hall–Kier alpha value is -2.49. The second kappa shape index (κ2) is 6.79. The highest BCUT2D eigenvalue weighted by Crippen LogP contribution is 2.16. The molecule has 0 aliphatic heterocycles. The SMILES string of the molecule is COc1cccc(CNC(=O)Nc2cc(C)ccc2C)c1. The quantitative estimate of drug-likeness (QED) is 0.900. The van der Waals surface area contributed by atoms with Crippen molar-refractivity contribution < 1.29 is 9.53 Å². The molecule has 0 heterocycles. The number of ether oxygens (including phenoxy) is 1. The van der Waals surface area contributed by atoms with E-state index in [0.717, 1.165) is 28.1 Å². The van der Waals surface area contributed by atoms with Gasteiger partial charge in [-0.1, -0.05) is 24.3 Å².